The SMILES string of the molecule is COc1ccc(NC(=O)/C=C/c2ccc(C3CC3C)o2)cc1S(=O)(=O)N1CCCCC1. The van der Waals surface area contributed by atoms with E-state index in [0.29, 0.717) is 36.4 Å². The Kier molecular flexibility index (Phi) is 6.20. The average Bonchev–Trinajstić information content (AvgIpc) is 3.32. The number of ether oxygens (including phenoxy) is 1. The minimum Gasteiger partial charge on any atom is -0.495 e. The van der Waals surface area contributed by atoms with Crippen LogP contribution in [0.1, 0.15) is 50.0 Å². The van der Waals surface area contributed by atoms with E-state index in [-0.39, 0.29) is 16.6 Å². The maximum absolute atomic E-state index is 13.1. The zero-order chi connectivity index (χ0) is 22.0. The number of anilines is 1. The fraction of sp³-hybridized carbons (Fsp3) is 0.435. The Bertz CT molecular complexity index is 1080. The Hall–Kier alpha value is -2.58. The van der Waals surface area contributed by atoms with Crippen LogP contribution in [-0.2, 0) is 14.8 Å². The van der Waals surface area contributed by atoms with Crippen molar-refractivity contribution in [1.82, 2.24) is 4.31 Å². The summed E-state index contributed by atoms with van der Waals surface area (Å²) in [5.41, 5.74) is 0.387. The van der Waals surface area contributed by atoms with Gasteiger partial charge in [-0.25, -0.2) is 8.42 Å². The monoisotopic (exact) mass is 444 g/mol. The van der Waals surface area contributed by atoms with Crippen LogP contribution in [0.25, 0.3) is 6.08 Å². The number of piperidine rings is 1. The van der Waals surface area contributed by atoms with E-state index in [4.69, 9.17) is 9.15 Å². The van der Waals surface area contributed by atoms with Crippen LogP contribution in [0.3, 0.4) is 0 Å². The number of carbonyl (C=O) groups is 1. The molecule has 2 aromatic rings. The smallest absolute Gasteiger partial charge is 0.248 e. The molecular weight excluding hydrogens is 416 g/mol. The van der Waals surface area contributed by atoms with Crippen molar-refractivity contribution in [2.24, 2.45) is 5.92 Å². The van der Waals surface area contributed by atoms with E-state index in [2.05, 4.69) is 12.2 Å². The van der Waals surface area contributed by atoms with E-state index in [1.54, 1.807) is 18.2 Å². The number of hydrogen-bond acceptors (Lipinski definition) is 5. The molecule has 31 heavy (non-hydrogen) atoms. The first-order valence-electron chi connectivity index (χ1n) is 10.7. The van der Waals surface area contributed by atoms with E-state index in [0.717, 1.165) is 31.4 Å². The van der Waals surface area contributed by atoms with Crippen molar-refractivity contribution in [3.8, 4) is 5.75 Å². The number of carbonyl (C=O) groups excluding carboxylic acids is 1. The Morgan fingerprint density at radius 2 is 1.94 bits per heavy atom. The highest BCUT2D eigenvalue weighted by atomic mass is 32.2. The van der Waals surface area contributed by atoms with E-state index in [9.17, 15) is 13.2 Å². The van der Waals surface area contributed by atoms with Gasteiger partial charge in [0.1, 0.15) is 22.2 Å². The van der Waals surface area contributed by atoms with Gasteiger partial charge in [0.05, 0.1) is 7.11 Å². The summed E-state index contributed by atoms with van der Waals surface area (Å²) >= 11 is 0. The molecular formula is C23H28N2O5S. The molecule has 2 aliphatic rings. The molecule has 8 heteroatoms. The predicted molar refractivity (Wildman–Crippen MR) is 118 cm³/mol. The zero-order valence-corrected chi connectivity index (χ0v) is 18.7. The van der Waals surface area contributed by atoms with E-state index < -0.39 is 10.0 Å². The van der Waals surface area contributed by atoms with Gasteiger partial charge in [-0.1, -0.05) is 13.3 Å². The Morgan fingerprint density at radius 3 is 2.61 bits per heavy atom. The molecule has 2 heterocycles. The normalized spacial score (nSPS) is 21.9. The number of rotatable bonds is 7. The Labute approximate surface area is 183 Å². The molecule has 166 valence electrons. The summed E-state index contributed by atoms with van der Waals surface area (Å²) < 4.78 is 38.7. The molecule has 2 fully saturated rings. The standard InChI is InChI=1S/C23H28N2O5S/c1-16-14-19(16)20-10-7-18(30-20)8-11-23(26)24-17-6-9-21(29-2)22(15-17)31(27,28)25-12-4-3-5-13-25/h6-11,15-16,19H,3-5,12-14H2,1-2H3,(H,24,26)/b11-8+. The quantitative estimate of drug-likeness (QED) is 0.646. The summed E-state index contributed by atoms with van der Waals surface area (Å²) in [6.45, 7) is 3.18. The number of sulfonamides is 1. The molecule has 1 aromatic heterocycles. The second-order valence-electron chi connectivity index (χ2n) is 8.21. The van der Waals surface area contributed by atoms with Gasteiger partial charge in [-0.3, -0.25) is 4.79 Å². The Balaban J connectivity index is 1.47. The molecule has 2 atom stereocenters. The number of hydrogen-bond donors (Lipinski definition) is 1. The highest BCUT2D eigenvalue weighted by Gasteiger charge is 2.36. The second-order valence-corrected chi connectivity index (χ2v) is 10.1. The summed E-state index contributed by atoms with van der Waals surface area (Å²) in [7, 11) is -2.26. The molecule has 1 saturated heterocycles. The minimum atomic E-state index is -3.70. The van der Waals surface area contributed by atoms with Gasteiger partial charge in [0, 0.05) is 30.8 Å². The lowest BCUT2D eigenvalue weighted by Gasteiger charge is -2.26. The summed E-state index contributed by atoms with van der Waals surface area (Å²) in [6, 6.07) is 8.44. The molecule has 1 amide bonds. The third-order valence-electron chi connectivity index (χ3n) is 5.89. The first-order valence-corrected chi connectivity index (χ1v) is 12.1. The molecule has 1 aromatic carbocycles. The fourth-order valence-electron chi connectivity index (χ4n) is 3.92. The van der Waals surface area contributed by atoms with Crippen LogP contribution in [0.4, 0.5) is 5.69 Å². The number of nitrogens with zero attached hydrogens (tertiary/aromatic N) is 1. The number of furan rings is 1. The number of methoxy groups -OCH3 is 1. The second kappa shape index (κ2) is 8.88. The van der Waals surface area contributed by atoms with Crippen molar-refractivity contribution in [2.45, 2.75) is 43.4 Å². The van der Waals surface area contributed by atoms with Crippen molar-refractivity contribution in [3.05, 3.63) is 47.9 Å². The number of benzene rings is 1. The Morgan fingerprint density at radius 1 is 1.19 bits per heavy atom. The molecule has 0 bridgehead atoms. The van der Waals surface area contributed by atoms with Gasteiger partial charge in [-0.05, 0) is 61.6 Å². The first-order chi connectivity index (χ1) is 14.9. The maximum atomic E-state index is 13.1. The molecule has 4 rings (SSSR count). The number of nitrogens with one attached hydrogen (secondary N) is 1. The van der Waals surface area contributed by atoms with E-state index in [1.807, 2.05) is 12.1 Å². The van der Waals surface area contributed by atoms with Crippen LogP contribution in [0.2, 0.25) is 0 Å². The lowest BCUT2D eigenvalue weighted by molar-refractivity contribution is -0.111. The minimum absolute atomic E-state index is 0.0629. The van der Waals surface area contributed by atoms with E-state index >= 15 is 0 Å². The van der Waals surface area contributed by atoms with Crippen molar-refractivity contribution in [1.29, 1.82) is 0 Å². The van der Waals surface area contributed by atoms with Gasteiger partial charge >= 0.3 is 0 Å². The highest BCUT2D eigenvalue weighted by molar-refractivity contribution is 7.89. The topological polar surface area (TPSA) is 88.8 Å². The van der Waals surface area contributed by atoms with Crippen molar-refractivity contribution >= 4 is 27.7 Å². The maximum Gasteiger partial charge on any atom is 0.248 e. The van der Waals surface area contributed by atoms with Gasteiger partial charge < -0.3 is 14.5 Å². The largest absolute Gasteiger partial charge is 0.495 e. The van der Waals surface area contributed by atoms with Crippen LogP contribution in [0.15, 0.2) is 45.7 Å². The van der Waals surface area contributed by atoms with Gasteiger partial charge in [-0.15, -0.1) is 0 Å². The van der Waals surface area contributed by atoms with Crippen LogP contribution in [0.5, 0.6) is 5.75 Å². The van der Waals surface area contributed by atoms with E-state index in [1.165, 1.54) is 23.6 Å². The molecule has 0 spiro atoms. The average molecular weight is 445 g/mol. The summed E-state index contributed by atoms with van der Waals surface area (Å²) in [6.07, 6.45) is 6.84. The summed E-state index contributed by atoms with van der Waals surface area (Å²) in [4.78, 5) is 12.4. The van der Waals surface area contributed by atoms with Crippen LogP contribution >= 0.6 is 0 Å². The highest BCUT2D eigenvalue weighted by Crippen LogP contribution is 2.47. The lowest BCUT2D eigenvalue weighted by atomic mass is 10.2. The molecule has 1 aliphatic heterocycles. The van der Waals surface area contributed by atoms with Gasteiger partial charge in [0.2, 0.25) is 15.9 Å². The lowest BCUT2D eigenvalue weighted by Crippen LogP contribution is -2.35. The number of amides is 1. The molecule has 1 saturated carbocycles. The van der Waals surface area contributed by atoms with Crippen molar-refractivity contribution < 1.29 is 22.4 Å². The van der Waals surface area contributed by atoms with Crippen molar-refractivity contribution in [3.63, 3.8) is 0 Å². The van der Waals surface area contributed by atoms with Crippen LogP contribution in [0, 0.1) is 5.92 Å². The molecule has 1 aliphatic carbocycles. The first kappa shape index (κ1) is 21.6. The van der Waals surface area contributed by atoms with Crippen LogP contribution < -0.4 is 10.1 Å². The zero-order valence-electron chi connectivity index (χ0n) is 17.8. The molecule has 7 nitrogen and oxygen atoms in total. The van der Waals surface area contributed by atoms with Crippen LogP contribution in [-0.4, -0.2) is 38.8 Å². The third-order valence-corrected chi connectivity index (χ3v) is 7.81. The van der Waals surface area contributed by atoms with Gasteiger partial charge in [-0.2, -0.15) is 4.31 Å². The van der Waals surface area contributed by atoms with Crippen molar-refractivity contribution in [2.75, 3.05) is 25.5 Å². The predicted octanol–water partition coefficient (Wildman–Crippen LogP) is 4.24. The fourth-order valence-corrected chi connectivity index (χ4v) is 5.62. The molecule has 1 N–H and O–H groups in total. The van der Waals surface area contributed by atoms with Gasteiger partial charge in [0.15, 0.2) is 0 Å². The summed E-state index contributed by atoms with van der Waals surface area (Å²) in [5, 5.41) is 2.72. The summed E-state index contributed by atoms with van der Waals surface area (Å²) in [5.74, 6) is 2.59. The molecule has 2 unspecified atom stereocenters. The molecule has 0 radical (unpaired) electrons. The third kappa shape index (κ3) is 4.85. The van der Waals surface area contributed by atoms with Gasteiger partial charge in [0.25, 0.3) is 0 Å².